The number of carbonyl (C=O) groups excluding carboxylic acids is 1. The van der Waals surface area contributed by atoms with Gasteiger partial charge in [0, 0.05) is 11.5 Å². The second-order valence-electron chi connectivity index (χ2n) is 5.32. The van der Waals surface area contributed by atoms with Crippen molar-refractivity contribution < 1.29 is 9.63 Å². The van der Waals surface area contributed by atoms with E-state index in [-0.39, 0.29) is 5.41 Å². The highest BCUT2D eigenvalue weighted by atomic mass is 16.7. The van der Waals surface area contributed by atoms with Gasteiger partial charge in [-0.25, -0.2) is 4.79 Å². The second-order valence-corrected chi connectivity index (χ2v) is 5.32. The van der Waals surface area contributed by atoms with Gasteiger partial charge < -0.3 is 10.6 Å². The molecule has 2 rings (SSSR count). The van der Waals surface area contributed by atoms with E-state index in [0.717, 1.165) is 10.5 Å². The smallest absolute Gasteiger partial charge is 0.365 e. The Morgan fingerprint density at radius 3 is 2.42 bits per heavy atom. The van der Waals surface area contributed by atoms with Gasteiger partial charge in [0.2, 0.25) is 0 Å². The average molecular weight is 259 g/mol. The lowest BCUT2D eigenvalue weighted by Crippen LogP contribution is -2.23. The van der Waals surface area contributed by atoms with E-state index in [4.69, 9.17) is 10.6 Å². The zero-order chi connectivity index (χ0) is 14.0. The van der Waals surface area contributed by atoms with E-state index in [2.05, 4.69) is 5.10 Å². The Morgan fingerprint density at radius 2 is 1.89 bits per heavy atom. The normalized spacial score (nSPS) is 11.3. The van der Waals surface area contributed by atoms with Crippen molar-refractivity contribution in [3.63, 3.8) is 0 Å². The van der Waals surface area contributed by atoms with Crippen LogP contribution >= 0.6 is 0 Å². The molecule has 2 N–H and O–H groups in total. The molecule has 0 aliphatic carbocycles. The van der Waals surface area contributed by atoms with Crippen molar-refractivity contribution in [1.82, 2.24) is 9.94 Å². The topological polar surface area (TPSA) is 70.1 Å². The van der Waals surface area contributed by atoms with Crippen LogP contribution in [-0.2, 0) is 5.41 Å². The molecule has 0 saturated heterocycles. The molecule has 1 aromatic heterocycles. The molecule has 2 aromatic rings. The van der Waals surface area contributed by atoms with Crippen LogP contribution in [0.4, 0.5) is 5.82 Å². The summed E-state index contributed by atoms with van der Waals surface area (Å²) in [6, 6.07) is 10.4. The van der Waals surface area contributed by atoms with Crippen LogP contribution in [0.3, 0.4) is 0 Å². The van der Waals surface area contributed by atoms with E-state index in [1.54, 1.807) is 30.3 Å². The summed E-state index contributed by atoms with van der Waals surface area (Å²) in [5, 5.41) is 4.20. The van der Waals surface area contributed by atoms with Crippen molar-refractivity contribution in [1.29, 1.82) is 0 Å². The van der Waals surface area contributed by atoms with Gasteiger partial charge in [0.15, 0.2) is 5.82 Å². The van der Waals surface area contributed by atoms with Gasteiger partial charge in [-0.05, 0) is 12.1 Å². The van der Waals surface area contributed by atoms with Crippen molar-refractivity contribution >= 4 is 11.8 Å². The van der Waals surface area contributed by atoms with Crippen LogP contribution < -0.4 is 10.6 Å². The fraction of sp³-hybridized carbons (Fsp3) is 0.286. The Hall–Kier alpha value is -2.30. The number of nitrogen functional groups attached to an aromatic ring is 1. The van der Waals surface area contributed by atoms with Gasteiger partial charge in [-0.15, -0.1) is 5.10 Å². The van der Waals surface area contributed by atoms with Crippen LogP contribution in [-0.4, -0.2) is 15.9 Å². The molecule has 1 heterocycles. The molecular weight excluding hydrogens is 242 g/mol. The number of aromatic nitrogens is 2. The molecule has 0 bridgehead atoms. The van der Waals surface area contributed by atoms with Crippen LogP contribution in [0.5, 0.6) is 0 Å². The molecule has 0 fully saturated rings. The largest absolute Gasteiger partial charge is 0.381 e. The minimum absolute atomic E-state index is 0.154. The summed E-state index contributed by atoms with van der Waals surface area (Å²) in [4.78, 5) is 18.1. The van der Waals surface area contributed by atoms with Gasteiger partial charge >= 0.3 is 5.97 Å². The minimum atomic E-state index is -0.490. The average Bonchev–Trinajstić information content (AvgIpc) is 2.72. The van der Waals surface area contributed by atoms with Crippen LogP contribution in [0.2, 0.25) is 0 Å². The van der Waals surface area contributed by atoms with E-state index in [0.29, 0.717) is 11.4 Å². The summed E-state index contributed by atoms with van der Waals surface area (Å²) in [5.74, 6) is -0.190. The first kappa shape index (κ1) is 13.1. The summed E-state index contributed by atoms with van der Waals surface area (Å²) in [6.45, 7) is 6.04. The molecule has 0 aliphatic heterocycles. The van der Waals surface area contributed by atoms with E-state index in [1.165, 1.54) is 0 Å². The van der Waals surface area contributed by atoms with Gasteiger partial charge in [0.05, 0.1) is 11.3 Å². The Morgan fingerprint density at radius 1 is 1.26 bits per heavy atom. The van der Waals surface area contributed by atoms with Crippen LogP contribution in [0, 0.1) is 0 Å². The predicted molar refractivity (Wildman–Crippen MR) is 72.7 cm³/mol. The fourth-order valence-electron chi connectivity index (χ4n) is 1.52. The highest BCUT2D eigenvalue weighted by molar-refractivity contribution is 5.89. The number of hydrogen-bond donors (Lipinski definition) is 1. The molecule has 0 radical (unpaired) electrons. The maximum absolute atomic E-state index is 11.9. The number of hydrogen-bond acceptors (Lipinski definition) is 4. The SMILES string of the molecule is CC(C)(C)c1cc(N)n(OC(=O)c2ccccc2)n1. The quantitative estimate of drug-likeness (QED) is 0.895. The number of anilines is 1. The van der Waals surface area contributed by atoms with E-state index in [1.807, 2.05) is 26.8 Å². The molecular formula is C14H17N3O2. The third kappa shape index (κ3) is 2.93. The molecule has 1 aromatic carbocycles. The molecule has 5 heteroatoms. The molecule has 0 unspecified atom stereocenters. The third-order valence-electron chi connectivity index (χ3n) is 2.65. The van der Waals surface area contributed by atoms with Crippen molar-refractivity contribution in [2.45, 2.75) is 26.2 Å². The number of nitrogens with zero attached hydrogens (tertiary/aromatic N) is 2. The Balaban J connectivity index is 2.21. The number of carbonyl (C=O) groups is 1. The van der Waals surface area contributed by atoms with Gasteiger partial charge in [-0.2, -0.15) is 0 Å². The molecule has 0 spiro atoms. The Bertz CT molecular complexity index is 582. The van der Waals surface area contributed by atoms with Crippen LogP contribution in [0.1, 0.15) is 36.8 Å². The summed E-state index contributed by atoms with van der Waals surface area (Å²) in [5.41, 5.74) is 6.86. The molecule has 0 saturated carbocycles. The lowest BCUT2D eigenvalue weighted by atomic mass is 9.92. The van der Waals surface area contributed by atoms with Crippen molar-refractivity contribution in [2.24, 2.45) is 0 Å². The zero-order valence-corrected chi connectivity index (χ0v) is 11.3. The first-order valence-electron chi connectivity index (χ1n) is 6.01. The van der Waals surface area contributed by atoms with Crippen molar-refractivity contribution in [3.8, 4) is 0 Å². The van der Waals surface area contributed by atoms with E-state index >= 15 is 0 Å². The van der Waals surface area contributed by atoms with Crippen molar-refractivity contribution in [2.75, 3.05) is 5.73 Å². The number of rotatable bonds is 2. The van der Waals surface area contributed by atoms with Gasteiger partial charge in [0.25, 0.3) is 0 Å². The first-order valence-corrected chi connectivity index (χ1v) is 6.01. The first-order chi connectivity index (χ1) is 8.88. The van der Waals surface area contributed by atoms with Crippen LogP contribution in [0.15, 0.2) is 36.4 Å². The zero-order valence-electron chi connectivity index (χ0n) is 11.3. The van der Waals surface area contributed by atoms with E-state index in [9.17, 15) is 4.79 Å². The highest BCUT2D eigenvalue weighted by Crippen LogP contribution is 2.22. The van der Waals surface area contributed by atoms with Crippen molar-refractivity contribution in [3.05, 3.63) is 47.7 Å². The fourth-order valence-corrected chi connectivity index (χ4v) is 1.52. The molecule has 0 aliphatic rings. The van der Waals surface area contributed by atoms with E-state index < -0.39 is 5.97 Å². The van der Waals surface area contributed by atoms with Gasteiger partial charge in [-0.1, -0.05) is 43.8 Å². The molecule has 5 nitrogen and oxygen atoms in total. The standard InChI is InChI=1S/C14H17N3O2/c1-14(2,3)11-9-12(15)17(16-11)19-13(18)10-7-5-4-6-8-10/h4-9H,15H2,1-3H3. The maximum Gasteiger partial charge on any atom is 0.365 e. The summed E-state index contributed by atoms with van der Waals surface area (Å²) < 4.78 is 0. The van der Waals surface area contributed by atoms with Gasteiger partial charge in [-0.3, -0.25) is 0 Å². The molecule has 0 atom stereocenters. The minimum Gasteiger partial charge on any atom is -0.381 e. The third-order valence-corrected chi connectivity index (χ3v) is 2.65. The Kier molecular flexibility index (Phi) is 3.29. The number of nitrogens with two attached hydrogens (primary N) is 1. The van der Waals surface area contributed by atoms with Gasteiger partial charge in [0.1, 0.15) is 0 Å². The Labute approximate surface area is 111 Å². The molecule has 100 valence electrons. The molecule has 19 heavy (non-hydrogen) atoms. The maximum atomic E-state index is 11.9. The summed E-state index contributed by atoms with van der Waals surface area (Å²) in [6.07, 6.45) is 0. The highest BCUT2D eigenvalue weighted by Gasteiger charge is 2.20. The predicted octanol–water partition coefficient (Wildman–Crippen LogP) is 2.03. The monoisotopic (exact) mass is 259 g/mol. The lowest BCUT2D eigenvalue weighted by Gasteiger charge is -2.13. The summed E-state index contributed by atoms with van der Waals surface area (Å²) in [7, 11) is 0. The molecule has 0 amide bonds. The number of benzene rings is 1. The lowest BCUT2D eigenvalue weighted by molar-refractivity contribution is 0.0403. The second kappa shape index (κ2) is 4.76. The van der Waals surface area contributed by atoms with Crippen LogP contribution in [0.25, 0.3) is 0 Å². The summed E-state index contributed by atoms with van der Waals surface area (Å²) >= 11 is 0.